The number of aliphatic hydroxyl groups excluding tert-OH is 1. The van der Waals surface area contributed by atoms with Gasteiger partial charge in [0.2, 0.25) is 0 Å². The average molecular weight is 315 g/mol. The number of amides is 1. The van der Waals surface area contributed by atoms with Crippen LogP contribution < -0.4 is 5.32 Å². The zero-order valence-electron chi connectivity index (χ0n) is 11.3. The maximum Gasteiger partial charge on any atom is 0.277 e. The minimum atomic E-state index is -0.489. The van der Waals surface area contributed by atoms with Gasteiger partial charge in [0.1, 0.15) is 11.3 Å². The van der Waals surface area contributed by atoms with E-state index in [1.165, 1.54) is 0 Å². The van der Waals surface area contributed by atoms with Gasteiger partial charge in [-0.1, -0.05) is 29.8 Å². The van der Waals surface area contributed by atoms with Crippen LogP contribution >= 0.6 is 11.6 Å². The van der Waals surface area contributed by atoms with Crippen LogP contribution in [0, 0.1) is 0 Å². The number of halogens is 1. The molecule has 2 heterocycles. The number of rotatable bonds is 3. The molecule has 1 amide bonds. The number of nitrogens with zero attached hydrogens (tertiary/aromatic N) is 3. The summed E-state index contributed by atoms with van der Waals surface area (Å²) in [4.78, 5) is 16.3. The first kappa shape index (κ1) is 14.4. The van der Waals surface area contributed by atoms with Crippen LogP contribution in [0.5, 0.6) is 0 Å². The number of pyridine rings is 1. The molecule has 0 saturated heterocycles. The van der Waals surface area contributed by atoms with Gasteiger partial charge < -0.3 is 10.4 Å². The molecule has 0 radical (unpaired) electrons. The van der Waals surface area contributed by atoms with Crippen molar-refractivity contribution >= 4 is 34.2 Å². The first-order valence-electron chi connectivity index (χ1n) is 6.47. The van der Waals surface area contributed by atoms with Crippen LogP contribution in [0.15, 0.2) is 42.6 Å². The smallest absolute Gasteiger partial charge is 0.277 e. The van der Waals surface area contributed by atoms with Gasteiger partial charge in [0, 0.05) is 17.1 Å². The predicted octanol–water partition coefficient (Wildman–Crippen LogP) is 2.42. The SMILES string of the molecule is O=C(Nc1ccccn1)c1nnc2c(Cl)cccc2c1CO. The molecule has 0 aliphatic rings. The fraction of sp³-hybridized carbons (Fsp3) is 0.0667. The standard InChI is InChI=1S/C15H11ClN4O2/c16-11-5-3-4-9-10(8-21)14(20-19-13(9)11)15(22)18-12-6-1-2-7-17-12/h1-7,21H,8H2,(H,17,18,22). The third kappa shape index (κ3) is 2.61. The van der Waals surface area contributed by atoms with E-state index in [9.17, 15) is 9.90 Å². The lowest BCUT2D eigenvalue weighted by atomic mass is 10.1. The maximum atomic E-state index is 12.3. The molecular weight excluding hydrogens is 304 g/mol. The summed E-state index contributed by atoms with van der Waals surface area (Å²) < 4.78 is 0. The van der Waals surface area contributed by atoms with Gasteiger partial charge in [-0.2, -0.15) is 0 Å². The van der Waals surface area contributed by atoms with Crippen molar-refractivity contribution in [1.29, 1.82) is 0 Å². The Morgan fingerprint density at radius 2 is 2.05 bits per heavy atom. The Labute approximate surface area is 130 Å². The summed E-state index contributed by atoms with van der Waals surface area (Å²) in [7, 11) is 0. The summed E-state index contributed by atoms with van der Waals surface area (Å²) in [6.45, 7) is -0.350. The second-order valence-electron chi connectivity index (χ2n) is 4.49. The van der Waals surface area contributed by atoms with Crippen molar-refractivity contribution in [3.63, 3.8) is 0 Å². The fourth-order valence-electron chi connectivity index (χ4n) is 2.10. The number of hydrogen-bond donors (Lipinski definition) is 2. The molecule has 3 aromatic rings. The molecule has 0 saturated carbocycles. The quantitative estimate of drug-likeness (QED) is 0.775. The number of aliphatic hydroxyl groups is 1. The van der Waals surface area contributed by atoms with Crippen LogP contribution in [0.25, 0.3) is 10.9 Å². The highest BCUT2D eigenvalue weighted by molar-refractivity contribution is 6.35. The molecule has 0 aliphatic carbocycles. The molecule has 0 unspecified atom stereocenters. The Morgan fingerprint density at radius 3 is 2.77 bits per heavy atom. The van der Waals surface area contributed by atoms with Crippen molar-refractivity contribution in [2.24, 2.45) is 0 Å². The summed E-state index contributed by atoms with van der Waals surface area (Å²) in [5, 5.41) is 21.1. The Balaban J connectivity index is 2.05. The van der Waals surface area contributed by atoms with E-state index in [0.29, 0.717) is 27.3 Å². The van der Waals surface area contributed by atoms with E-state index in [-0.39, 0.29) is 12.3 Å². The molecule has 22 heavy (non-hydrogen) atoms. The molecule has 0 bridgehead atoms. The third-order valence-electron chi connectivity index (χ3n) is 3.13. The summed E-state index contributed by atoms with van der Waals surface area (Å²) in [5.41, 5.74) is 0.867. The van der Waals surface area contributed by atoms with Crippen molar-refractivity contribution in [3.05, 3.63) is 58.9 Å². The van der Waals surface area contributed by atoms with E-state index in [2.05, 4.69) is 20.5 Å². The highest BCUT2D eigenvalue weighted by atomic mass is 35.5. The lowest BCUT2D eigenvalue weighted by Crippen LogP contribution is -2.18. The van der Waals surface area contributed by atoms with E-state index in [0.717, 1.165) is 0 Å². The molecular formula is C15H11ClN4O2. The zero-order chi connectivity index (χ0) is 15.5. The highest BCUT2D eigenvalue weighted by Crippen LogP contribution is 2.25. The Morgan fingerprint density at radius 1 is 1.18 bits per heavy atom. The molecule has 0 fully saturated rings. The lowest BCUT2D eigenvalue weighted by molar-refractivity contribution is 0.101. The largest absolute Gasteiger partial charge is 0.392 e. The minimum absolute atomic E-state index is 0.0444. The van der Waals surface area contributed by atoms with E-state index in [4.69, 9.17) is 11.6 Å². The van der Waals surface area contributed by atoms with Crippen LogP contribution in [-0.2, 0) is 6.61 Å². The number of fused-ring (bicyclic) bond motifs is 1. The summed E-state index contributed by atoms with van der Waals surface area (Å²) in [6.07, 6.45) is 1.56. The molecule has 0 spiro atoms. The van der Waals surface area contributed by atoms with Crippen molar-refractivity contribution in [3.8, 4) is 0 Å². The fourth-order valence-corrected chi connectivity index (χ4v) is 2.32. The Kier molecular flexibility index (Phi) is 3.95. The van der Waals surface area contributed by atoms with E-state index >= 15 is 0 Å². The lowest BCUT2D eigenvalue weighted by Gasteiger charge is -2.09. The number of hydrogen-bond acceptors (Lipinski definition) is 5. The van der Waals surface area contributed by atoms with E-state index < -0.39 is 5.91 Å². The molecule has 2 aromatic heterocycles. The molecule has 0 aliphatic heterocycles. The molecule has 2 N–H and O–H groups in total. The predicted molar refractivity (Wildman–Crippen MR) is 82.7 cm³/mol. The van der Waals surface area contributed by atoms with Crippen LogP contribution in [0.4, 0.5) is 5.82 Å². The first-order valence-corrected chi connectivity index (χ1v) is 6.85. The van der Waals surface area contributed by atoms with Gasteiger partial charge >= 0.3 is 0 Å². The van der Waals surface area contributed by atoms with Gasteiger partial charge in [-0.3, -0.25) is 4.79 Å². The van der Waals surface area contributed by atoms with Gasteiger partial charge in [-0.25, -0.2) is 4.98 Å². The minimum Gasteiger partial charge on any atom is -0.392 e. The third-order valence-corrected chi connectivity index (χ3v) is 3.43. The second-order valence-corrected chi connectivity index (χ2v) is 4.90. The molecule has 0 atom stereocenters. The number of benzene rings is 1. The molecule has 110 valence electrons. The van der Waals surface area contributed by atoms with Gasteiger partial charge in [-0.15, -0.1) is 10.2 Å². The first-order chi connectivity index (χ1) is 10.7. The molecule has 6 nitrogen and oxygen atoms in total. The van der Waals surface area contributed by atoms with Gasteiger partial charge in [0.25, 0.3) is 5.91 Å². The van der Waals surface area contributed by atoms with Crippen LogP contribution in [0.2, 0.25) is 5.02 Å². The number of nitrogens with one attached hydrogen (secondary N) is 1. The van der Waals surface area contributed by atoms with Gasteiger partial charge in [-0.05, 0) is 18.2 Å². The number of anilines is 1. The monoisotopic (exact) mass is 314 g/mol. The molecule has 1 aromatic carbocycles. The van der Waals surface area contributed by atoms with Crippen molar-refractivity contribution < 1.29 is 9.90 Å². The Hall–Kier alpha value is -2.57. The van der Waals surface area contributed by atoms with E-state index in [1.54, 1.807) is 42.6 Å². The average Bonchev–Trinajstić information content (AvgIpc) is 2.55. The maximum absolute atomic E-state index is 12.3. The van der Waals surface area contributed by atoms with Crippen molar-refractivity contribution in [1.82, 2.24) is 15.2 Å². The van der Waals surface area contributed by atoms with Gasteiger partial charge in [0.15, 0.2) is 5.69 Å². The zero-order valence-corrected chi connectivity index (χ0v) is 12.1. The summed E-state index contributed by atoms with van der Waals surface area (Å²) >= 11 is 6.05. The van der Waals surface area contributed by atoms with E-state index in [1.807, 2.05) is 0 Å². The second kappa shape index (κ2) is 6.05. The number of aromatic nitrogens is 3. The summed E-state index contributed by atoms with van der Waals surface area (Å²) in [6, 6.07) is 10.3. The molecule has 7 heteroatoms. The van der Waals surface area contributed by atoms with Crippen LogP contribution in [0.3, 0.4) is 0 Å². The van der Waals surface area contributed by atoms with Crippen LogP contribution in [0.1, 0.15) is 16.1 Å². The van der Waals surface area contributed by atoms with Crippen molar-refractivity contribution in [2.45, 2.75) is 6.61 Å². The van der Waals surface area contributed by atoms with Gasteiger partial charge in [0.05, 0.1) is 11.6 Å². The number of carbonyl (C=O) groups excluding carboxylic acids is 1. The molecule has 3 rings (SSSR count). The van der Waals surface area contributed by atoms with Crippen LogP contribution in [-0.4, -0.2) is 26.2 Å². The summed E-state index contributed by atoms with van der Waals surface area (Å²) in [5.74, 6) is -0.0958. The highest BCUT2D eigenvalue weighted by Gasteiger charge is 2.18. The number of carbonyl (C=O) groups is 1. The van der Waals surface area contributed by atoms with Crippen molar-refractivity contribution in [2.75, 3.05) is 5.32 Å². The normalized spacial score (nSPS) is 10.6. The Bertz CT molecular complexity index is 840. The topological polar surface area (TPSA) is 88.0 Å².